The van der Waals surface area contributed by atoms with Crippen molar-refractivity contribution in [1.82, 2.24) is 5.32 Å². The molecular formula is C16H9FI2N2O2S. The third kappa shape index (κ3) is 4.09. The van der Waals surface area contributed by atoms with Gasteiger partial charge in [0.15, 0.2) is 5.17 Å². The molecule has 0 spiro atoms. The summed E-state index contributed by atoms with van der Waals surface area (Å²) in [6.45, 7) is 0. The number of phenols is 1. The lowest BCUT2D eigenvalue weighted by atomic mass is 10.2. The molecule has 4 nitrogen and oxygen atoms in total. The number of amidine groups is 1. The van der Waals surface area contributed by atoms with Crippen LogP contribution in [0.5, 0.6) is 5.75 Å². The smallest absolute Gasteiger partial charge is 0.264 e. The van der Waals surface area contributed by atoms with Gasteiger partial charge in [0.2, 0.25) is 0 Å². The third-order valence-electron chi connectivity index (χ3n) is 3.05. The lowest BCUT2D eigenvalue weighted by Crippen LogP contribution is -2.19. The molecule has 0 aliphatic carbocycles. The molecule has 0 atom stereocenters. The number of nitrogens with zero attached hydrogens (tertiary/aromatic N) is 1. The van der Waals surface area contributed by atoms with Crippen LogP contribution in [0.15, 0.2) is 46.3 Å². The van der Waals surface area contributed by atoms with E-state index in [0.717, 1.165) is 7.14 Å². The van der Waals surface area contributed by atoms with Crippen molar-refractivity contribution in [3.8, 4) is 5.75 Å². The summed E-state index contributed by atoms with van der Waals surface area (Å²) in [7, 11) is 0. The highest BCUT2D eigenvalue weighted by atomic mass is 127. The van der Waals surface area contributed by atoms with E-state index in [0.29, 0.717) is 21.3 Å². The van der Waals surface area contributed by atoms with Gasteiger partial charge in [-0.1, -0.05) is 0 Å². The second kappa shape index (κ2) is 7.40. The van der Waals surface area contributed by atoms with Gasteiger partial charge in [-0.25, -0.2) is 9.38 Å². The van der Waals surface area contributed by atoms with Crippen LogP contribution >= 0.6 is 56.9 Å². The van der Waals surface area contributed by atoms with E-state index in [9.17, 15) is 14.3 Å². The standard InChI is InChI=1S/C16H9FI2N2O2S/c17-9-1-3-11(4-2-9)20-16-21-15(23)13(24-16)6-8-5-10(18)7-12(19)14(8)22/h1-7,22H,(H,20,21,23)/b13-6+. The molecule has 0 saturated carbocycles. The number of hydrogen-bond donors (Lipinski definition) is 2. The van der Waals surface area contributed by atoms with Gasteiger partial charge in [0, 0.05) is 9.13 Å². The maximum atomic E-state index is 12.9. The van der Waals surface area contributed by atoms with Crippen LogP contribution in [0.4, 0.5) is 10.1 Å². The summed E-state index contributed by atoms with van der Waals surface area (Å²) in [6, 6.07) is 9.33. The van der Waals surface area contributed by atoms with E-state index in [1.54, 1.807) is 12.1 Å². The highest BCUT2D eigenvalue weighted by molar-refractivity contribution is 14.1. The molecule has 1 heterocycles. The number of benzene rings is 2. The van der Waals surface area contributed by atoms with Gasteiger partial charge in [-0.15, -0.1) is 0 Å². The van der Waals surface area contributed by atoms with Gasteiger partial charge in [-0.3, -0.25) is 4.79 Å². The van der Waals surface area contributed by atoms with Crippen molar-refractivity contribution < 1.29 is 14.3 Å². The fourth-order valence-electron chi connectivity index (χ4n) is 1.95. The van der Waals surface area contributed by atoms with Crippen LogP contribution in [0.3, 0.4) is 0 Å². The summed E-state index contributed by atoms with van der Waals surface area (Å²) in [5.74, 6) is -0.485. The van der Waals surface area contributed by atoms with Crippen LogP contribution in [0.2, 0.25) is 0 Å². The quantitative estimate of drug-likeness (QED) is 0.412. The van der Waals surface area contributed by atoms with E-state index in [1.807, 2.05) is 28.7 Å². The van der Waals surface area contributed by atoms with E-state index in [4.69, 9.17) is 0 Å². The summed E-state index contributed by atoms with van der Waals surface area (Å²) in [5.41, 5.74) is 1.12. The van der Waals surface area contributed by atoms with Crippen molar-refractivity contribution in [3.63, 3.8) is 0 Å². The number of thioether (sulfide) groups is 1. The summed E-state index contributed by atoms with van der Waals surface area (Å²) in [5, 5.41) is 13.2. The Bertz CT molecular complexity index is 882. The van der Waals surface area contributed by atoms with Gasteiger partial charge in [0.05, 0.1) is 14.2 Å². The number of hydrogen-bond acceptors (Lipinski definition) is 4. The minimum Gasteiger partial charge on any atom is -0.506 e. The summed E-state index contributed by atoms with van der Waals surface area (Å²) in [4.78, 5) is 16.8. The summed E-state index contributed by atoms with van der Waals surface area (Å²) in [6.07, 6.45) is 1.63. The van der Waals surface area contributed by atoms with Crippen molar-refractivity contribution >= 4 is 79.8 Å². The summed E-state index contributed by atoms with van der Waals surface area (Å²) >= 11 is 5.37. The maximum absolute atomic E-state index is 12.9. The lowest BCUT2D eigenvalue weighted by molar-refractivity contribution is -0.115. The largest absolute Gasteiger partial charge is 0.506 e. The van der Waals surface area contributed by atoms with Crippen LogP contribution < -0.4 is 5.32 Å². The van der Waals surface area contributed by atoms with Crippen molar-refractivity contribution in [2.45, 2.75) is 0 Å². The molecule has 0 bridgehead atoms. The van der Waals surface area contributed by atoms with Crippen molar-refractivity contribution in [2.75, 3.05) is 0 Å². The predicted octanol–water partition coefficient (Wildman–Crippen LogP) is 4.63. The van der Waals surface area contributed by atoms with E-state index < -0.39 is 0 Å². The molecule has 1 saturated heterocycles. The van der Waals surface area contributed by atoms with E-state index in [-0.39, 0.29) is 17.5 Å². The van der Waals surface area contributed by atoms with Gasteiger partial charge in [-0.2, -0.15) is 0 Å². The number of carbonyl (C=O) groups excluding carboxylic acids is 1. The SMILES string of the molecule is O=C1NC(=Nc2ccc(F)cc2)S/C1=C/c1cc(I)cc(I)c1O. The van der Waals surface area contributed by atoms with Gasteiger partial charge in [-0.05, 0) is 99.4 Å². The Kier molecular flexibility index (Phi) is 5.45. The number of aromatic hydroxyl groups is 1. The van der Waals surface area contributed by atoms with Gasteiger partial charge < -0.3 is 10.4 Å². The van der Waals surface area contributed by atoms with Crippen molar-refractivity contribution in [2.24, 2.45) is 4.99 Å². The molecule has 2 N–H and O–H groups in total. The normalized spacial score (nSPS) is 17.5. The van der Waals surface area contributed by atoms with Gasteiger partial charge >= 0.3 is 0 Å². The van der Waals surface area contributed by atoms with Gasteiger partial charge in [0.1, 0.15) is 11.6 Å². The fourth-order valence-corrected chi connectivity index (χ4v) is 4.67. The first kappa shape index (κ1) is 17.7. The van der Waals surface area contributed by atoms with E-state index in [2.05, 4.69) is 32.9 Å². The molecule has 8 heteroatoms. The highest BCUT2D eigenvalue weighted by Gasteiger charge is 2.24. The van der Waals surface area contributed by atoms with E-state index in [1.165, 1.54) is 36.0 Å². The van der Waals surface area contributed by atoms with Crippen LogP contribution in [0.1, 0.15) is 5.56 Å². The molecule has 0 radical (unpaired) electrons. The number of phenolic OH excluding ortho intramolecular Hbond substituents is 1. The number of halogens is 3. The Labute approximate surface area is 168 Å². The second-order valence-corrected chi connectivity index (χ2v) is 8.22. The molecule has 0 aromatic heterocycles. The van der Waals surface area contributed by atoms with Crippen LogP contribution in [-0.2, 0) is 4.79 Å². The maximum Gasteiger partial charge on any atom is 0.264 e. The Balaban J connectivity index is 1.89. The third-order valence-corrected chi connectivity index (χ3v) is 5.41. The zero-order valence-corrected chi connectivity index (χ0v) is 17.0. The number of aliphatic imine (C=N–C) groups is 1. The molecule has 122 valence electrons. The average molecular weight is 566 g/mol. The number of carbonyl (C=O) groups is 1. The second-order valence-electron chi connectivity index (χ2n) is 4.78. The lowest BCUT2D eigenvalue weighted by Gasteiger charge is -2.03. The first-order valence-electron chi connectivity index (χ1n) is 6.65. The topological polar surface area (TPSA) is 61.7 Å². The molecule has 1 aliphatic heterocycles. The molecule has 2 aromatic carbocycles. The molecule has 1 aliphatic rings. The number of nitrogens with one attached hydrogen (secondary N) is 1. The Morgan fingerprint density at radius 1 is 1.21 bits per heavy atom. The number of rotatable bonds is 2. The van der Waals surface area contributed by atoms with Crippen LogP contribution in [-0.4, -0.2) is 16.2 Å². The van der Waals surface area contributed by atoms with Crippen LogP contribution in [0, 0.1) is 13.0 Å². The molecule has 3 rings (SSSR count). The highest BCUT2D eigenvalue weighted by Crippen LogP contribution is 2.33. The Hall–Kier alpha value is -1.14. The molecule has 1 fully saturated rings. The first-order chi connectivity index (χ1) is 11.4. The minimum atomic E-state index is -0.341. The van der Waals surface area contributed by atoms with E-state index >= 15 is 0 Å². The molecule has 1 amide bonds. The first-order valence-corrected chi connectivity index (χ1v) is 9.63. The molecule has 0 unspecified atom stereocenters. The monoisotopic (exact) mass is 566 g/mol. The zero-order valence-electron chi connectivity index (χ0n) is 11.9. The average Bonchev–Trinajstić information content (AvgIpc) is 2.86. The molecule has 2 aromatic rings. The predicted molar refractivity (Wildman–Crippen MR) is 111 cm³/mol. The summed E-state index contributed by atoms with van der Waals surface area (Å²) < 4.78 is 14.6. The Morgan fingerprint density at radius 3 is 2.62 bits per heavy atom. The minimum absolute atomic E-state index is 0.140. The molecular weight excluding hydrogens is 557 g/mol. The van der Waals surface area contributed by atoms with Crippen molar-refractivity contribution in [3.05, 3.63) is 59.8 Å². The van der Waals surface area contributed by atoms with Gasteiger partial charge in [0.25, 0.3) is 5.91 Å². The number of amides is 1. The zero-order chi connectivity index (χ0) is 17.3. The fraction of sp³-hybridized carbons (Fsp3) is 0. The molecule has 24 heavy (non-hydrogen) atoms. The van der Waals surface area contributed by atoms with Crippen molar-refractivity contribution in [1.29, 1.82) is 0 Å². The Morgan fingerprint density at radius 2 is 1.92 bits per heavy atom. The van der Waals surface area contributed by atoms with Crippen LogP contribution in [0.25, 0.3) is 6.08 Å².